The van der Waals surface area contributed by atoms with E-state index in [1.807, 2.05) is 0 Å². The van der Waals surface area contributed by atoms with Gasteiger partial charge in [-0.3, -0.25) is 4.79 Å². The summed E-state index contributed by atoms with van der Waals surface area (Å²) in [6.45, 7) is 0.237. The highest BCUT2D eigenvalue weighted by Crippen LogP contribution is 2.39. The molecule has 0 heterocycles. The number of hydrogen-bond acceptors (Lipinski definition) is 5. The van der Waals surface area contributed by atoms with Gasteiger partial charge in [0.15, 0.2) is 11.5 Å². The van der Waals surface area contributed by atoms with Crippen molar-refractivity contribution >= 4 is 11.9 Å². The Morgan fingerprint density at radius 3 is 2.35 bits per heavy atom. The van der Waals surface area contributed by atoms with Crippen LogP contribution in [0.4, 0.5) is 0 Å². The van der Waals surface area contributed by atoms with Crippen LogP contribution in [0.25, 0.3) is 0 Å². The van der Waals surface area contributed by atoms with Crippen LogP contribution < -0.4 is 19.5 Å². The van der Waals surface area contributed by atoms with Crippen molar-refractivity contribution in [1.82, 2.24) is 5.32 Å². The number of amides is 1. The van der Waals surface area contributed by atoms with E-state index in [9.17, 15) is 9.59 Å². The van der Waals surface area contributed by atoms with Crippen LogP contribution in [0.3, 0.4) is 0 Å². The molecule has 0 fully saturated rings. The summed E-state index contributed by atoms with van der Waals surface area (Å²) >= 11 is 0. The molecule has 2 N–H and O–H groups in total. The normalized spacial score (nSPS) is 10.1. The maximum Gasteiger partial charge on any atom is 0.335 e. The molecule has 0 unspecified atom stereocenters. The molecule has 2 rings (SSSR count). The Morgan fingerprint density at radius 2 is 1.73 bits per heavy atom. The van der Waals surface area contributed by atoms with Gasteiger partial charge < -0.3 is 24.6 Å². The Hall–Kier alpha value is -3.22. The topological polar surface area (TPSA) is 94.1 Å². The molecule has 26 heavy (non-hydrogen) atoms. The third-order valence-corrected chi connectivity index (χ3v) is 3.80. The number of carbonyl (C=O) groups excluding carboxylic acids is 1. The Balaban J connectivity index is 2.08. The molecule has 0 spiro atoms. The second kappa shape index (κ2) is 8.75. The first kappa shape index (κ1) is 19.1. The van der Waals surface area contributed by atoms with E-state index in [0.29, 0.717) is 22.8 Å². The van der Waals surface area contributed by atoms with Gasteiger partial charge in [0.1, 0.15) is 0 Å². The van der Waals surface area contributed by atoms with Gasteiger partial charge in [-0.05, 0) is 29.8 Å². The number of aromatic carboxylic acids is 1. The van der Waals surface area contributed by atoms with Gasteiger partial charge in [-0.1, -0.05) is 12.1 Å². The number of benzene rings is 2. The van der Waals surface area contributed by atoms with Gasteiger partial charge in [-0.2, -0.15) is 0 Å². The molecule has 1 amide bonds. The lowest BCUT2D eigenvalue weighted by atomic mass is 10.1. The summed E-state index contributed by atoms with van der Waals surface area (Å²) in [5.74, 6) is 0.215. The lowest BCUT2D eigenvalue weighted by Gasteiger charge is -2.16. The van der Waals surface area contributed by atoms with E-state index in [4.69, 9.17) is 19.3 Å². The largest absolute Gasteiger partial charge is 0.493 e. The van der Waals surface area contributed by atoms with Gasteiger partial charge in [-0.25, -0.2) is 4.79 Å². The van der Waals surface area contributed by atoms with Crippen molar-refractivity contribution in [3.05, 3.63) is 53.1 Å². The van der Waals surface area contributed by atoms with Crippen molar-refractivity contribution in [2.75, 3.05) is 21.3 Å². The maximum absolute atomic E-state index is 12.2. The van der Waals surface area contributed by atoms with Crippen molar-refractivity contribution in [2.45, 2.75) is 13.0 Å². The molecule has 0 aromatic heterocycles. The summed E-state index contributed by atoms with van der Waals surface area (Å²) in [7, 11) is 4.56. The highest BCUT2D eigenvalue weighted by atomic mass is 16.5. The number of nitrogens with one attached hydrogen (secondary N) is 1. The highest BCUT2D eigenvalue weighted by Gasteiger charge is 2.16. The fraction of sp³-hybridized carbons (Fsp3) is 0.263. The molecule has 0 aliphatic carbocycles. The summed E-state index contributed by atoms with van der Waals surface area (Å²) in [5, 5.41) is 11.8. The highest BCUT2D eigenvalue weighted by molar-refractivity contribution is 5.88. The number of ether oxygens (including phenoxy) is 3. The first-order valence-corrected chi connectivity index (χ1v) is 7.87. The molecule has 138 valence electrons. The van der Waals surface area contributed by atoms with E-state index in [0.717, 1.165) is 5.56 Å². The van der Waals surface area contributed by atoms with Crippen LogP contribution in [0.1, 0.15) is 21.5 Å². The van der Waals surface area contributed by atoms with Crippen LogP contribution in [-0.2, 0) is 17.8 Å². The van der Waals surface area contributed by atoms with E-state index in [-0.39, 0.29) is 24.4 Å². The van der Waals surface area contributed by atoms with Gasteiger partial charge in [0, 0.05) is 12.1 Å². The number of carbonyl (C=O) groups is 2. The average molecular weight is 359 g/mol. The van der Waals surface area contributed by atoms with Crippen molar-refractivity contribution < 1.29 is 28.9 Å². The predicted octanol–water partition coefficient (Wildman–Crippen LogP) is 2.27. The summed E-state index contributed by atoms with van der Waals surface area (Å²) < 4.78 is 15.9. The van der Waals surface area contributed by atoms with Crippen LogP contribution in [0, 0.1) is 0 Å². The third kappa shape index (κ3) is 4.44. The summed E-state index contributed by atoms with van der Waals surface area (Å²) in [4.78, 5) is 23.2. The lowest BCUT2D eigenvalue weighted by Crippen LogP contribution is -2.25. The molecule has 0 aliphatic rings. The van der Waals surface area contributed by atoms with E-state index in [2.05, 4.69) is 5.32 Å². The summed E-state index contributed by atoms with van der Waals surface area (Å²) in [5.41, 5.74) is 1.51. The quantitative estimate of drug-likeness (QED) is 0.751. The molecule has 2 aromatic carbocycles. The van der Waals surface area contributed by atoms with Gasteiger partial charge in [0.05, 0.1) is 33.3 Å². The zero-order valence-corrected chi connectivity index (χ0v) is 14.9. The minimum Gasteiger partial charge on any atom is -0.493 e. The van der Waals surface area contributed by atoms with Crippen LogP contribution >= 0.6 is 0 Å². The molecule has 0 bridgehead atoms. The lowest BCUT2D eigenvalue weighted by molar-refractivity contribution is -0.120. The van der Waals surface area contributed by atoms with Gasteiger partial charge in [0.25, 0.3) is 0 Å². The molecule has 7 nitrogen and oxygen atoms in total. The second-order valence-corrected chi connectivity index (χ2v) is 5.45. The Labute approximate surface area is 151 Å². The Kier molecular flexibility index (Phi) is 6.43. The van der Waals surface area contributed by atoms with Crippen molar-refractivity contribution in [2.24, 2.45) is 0 Å². The number of carboxylic acids is 1. The van der Waals surface area contributed by atoms with Crippen molar-refractivity contribution in [3.8, 4) is 17.2 Å². The molecular formula is C19H21NO6. The molecule has 0 radical (unpaired) electrons. The average Bonchev–Trinajstić information content (AvgIpc) is 2.65. The van der Waals surface area contributed by atoms with E-state index in [1.54, 1.807) is 24.3 Å². The van der Waals surface area contributed by atoms with E-state index >= 15 is 0 Å². The number of methoxy groups -OCH3 is 3. The Morgan fingerprint density at radius 1 is 1.00 bits per heavy atom. The SMILES string of the molecule is COc1ccc(CNC(=O)Cc2cccc(C(=O)O)c2)c(OC)c1OC. The fourth-order valence-electron chi connectivity index (χ4n) is 2.56. The van der Waals surface area contributed by atoms with E-state index in [1.165, 1.54) is 33.5 Å². The molecule has 2 aromatic rings. The zero-order valence-electron chi connectivity index (χ0n) is 14.9. The van der Waals surface area contributed by atoms with Crippen LogP contribution in [0.2, 0.25) is 0 Å². The van der Waals surface area contributed by atoms with Crippen molar-refractivity contribution in [1.29, 1.82) is 0 Å². The standard InChI is InChI=1S/C19H21NO6/c1-24-15-8-7-14(17(25-2)18(15)26-3)11-20-16(21)10-12-5-4-6-13(9-12)19(22)23/h4-9H,10-11H2,1-3H3,(H,20,21)(H,22,23). The van der Waals surface area contributed by atoms with Gasteiger partial charge in [0.2, 0.25) is 11.7 Å². The van der Waals surface area contributed by atoms with Crippen LogP contribution in [0.15, 0.2) is 36.4 Å². The molecular weight excluding hydrogens is 338 g/mol. The summed E-state index contributed by atoms with van der Waals surface area (Å²) in [6, 6.07) is 9.81. The molecule has 0 saturated heterocycles. The van der Waals surface area contributed by atoms with Gasteiger partial charge in [-0.15, -0.1) is 0 Å². The predicted molar refractivity (Wildman–Crippen MR) is 95.1 cm³/mol. The molecule has 7 heteroatoms. The van der Waals surface area contributed by atoms with E-state index < -0.39 is 5.97 Å². The first-order valence-electron chi connectivity index (χ1n) is 7.87. The Bertz CT molecular complexity index is 803. The van der Waals surface area contributed by atoms with Gasteiger partial charge >= 0.3 is 5.97 Å². The zero-order chi connectivity index (χ0) is 19.1. The van der Waals surface area contributed by atoms with Crippen molar-refractivity contribution in [3.63, 3.8) is 0 Å². The summed E-state index contributed by atoms with van der Waals surface area (Å²) in [6.07, 6.45) is 0.0801. The molecule has 0 saturated carbocycles. The maximum atomic E-state index is 12.2. The third-order valence-electron chi connectivity index (χ3n) is 3.80. The fourth-order valence-corrected chi connectivity index (χ4v) is 2.56. The molecule has 0 atom stereocenters. The number of hydrogen-bond donors (Lipinski definition) is 2. The minimum atomic E-state index is -1.03. The van der Waals surface area contributed by atoms with Crippen LogP contribution in [-0.4, -0.2) is 38.3 Å². The van der Waals surface area contributed by atoms with Crippen LogP contribution in [0.5, 0.6) is 17.2 Å². The number of rotatable bonds is 8. The smallest absolute Gasteiger partial charge is 0.335 e. The molecule has 0 aliphatic heterocycles. The first-order chi connectivity index (χ1) is 12.5. The minimum absolute atomic E-state index is 0.0801. The number of carboxylic acid groups (broad SMARTS) is 1. The monoisotopic (exact) mass is 359 g/mol. The second-order valence-electron chi connectivity index (χ2n) is 5.45.